The first-order valence-electron chi connectivity index (χ1n) is 9.10. The number of halogens is 1. The molecule has 0 amide bonds. The Morgan fingerprint density at radius 3 is 2.57 bits per heavy atom. The zero-order valence-electron chi connectivity index (χ0n) is 15.8. The number of hydrogen-bond acceptors (Lipinski definition) is 5. The lowest BCUT2D eigenvalue weighted by atomic mass is 10.0. The number of aryl methyl sites for hydroxylation is 1. The summed E-state index contributed by atoms with van der Waals surface area (Å²) in [7, 11) is 0. The number of ketones is 2. The van der Waals surface area contributed by atoms with E-state index < -0.39 is 5.82 Å². The van der Waals surface area contributed by atoms with Gasteiger partial charge in [0.15, 0.2) is 11.6 Å². The molecule has 0 spiro atoms. The van der Waals surface area contributed by atoms with Gasteiger partial charge in [-0.2, -0.15) is 5.10 Å². The van der Waals surface area contributed by atoms with Gasteiger partial charge in [0.05, 0.1) is 24.3 Å². The van der Waals surface area contributed by atoms with Crippen LogP contribution in [0, 0.1) is 11.7 Å². The summed E-state index contributed by atoms with van der Waals surface area (Å²) in [6, 6.07) is 6.27. The molecule has 7 heteroatoms. The fourth-order valence-electron chi connectivity index (χ4n) is 2.76. The molecule has 0 bridgehead atoms. The van der Waals surface area contributed by atoms with Crippen LogP contribution in [0.5, 0.6) is 0 Å². The fourth-order valence-corrected chi connectivity index (χ4v) is 2.76. The topological polar surface area (TPSA) is 77.7 Å². The second-order valence-corrected chi connectivity index (χ2v) is 7.01. The molecule has 0 saturated carbocycles. The van der Waals surface area contributed by atoms with Crippen LogP contribution < -0.4 is 0 Å². The highest BCUT2D eigenvalue weighted by Crippen LogP contribution is 2.13. The molecular weight excluding hydrogens is 359 g/mol. The van der Waals surface area contributed by atoms with Crippen LogP contribution in [0.4, 0.5) is 4.39 Å². The highest BCUT2D eigenvalue weighted by atomic mass is 19.1. The summed E-state index contributed by atoms with van der Waals surface area (Å²) < 4.78 is 14.8. The number of aromatic nitrogens is 4. The van der Waals surface area contributed by atoms with Crippen LogP contribution in [0.25, 0.3) is 5.69 Å². The van der Waals surface area contributed by atoms with E-state index in [-0.39, 0.29) is 29.6 Å². The Hall–Kier alpha value is -3.22. The molecule has 3 aromatic heterocycles. The van der Waals surface area contributed by atoms with Crippen molar-refractivity contribution >= 4 is 11.6 Å². The van der Waals surface area contributed by atoms with Crippen molar-refractivity contribution in [2.75, 3.05) is 0 Å². The molecule has 144 valence electrons. The predicted molar refractivity (Wildman–Crippen MR) is 102 cm³/mol. The van der Waals surface area contributed by atoms with Gasteiger partial charge in [0.1, 0.15) is 17.2 Å². The van der Waals surface area contributed by atoms with Gasteiger partial charge in [0.2, 0.25) is 0 Å². The number of rotatable bonds is 8. The Morgan fingerprint density at radius 2 is 1.86 bits per heavy atom. The number of pyridine rings is 2. The van der Waals surface area contributed by atoms with E-state index in [2.05, 4.69) is 15.1 Å². The minimum atomic E-state index is -0.442. The minimum absolute atomic E-state index is 0.0605. The van der Waals surface area contributed by atoms with Gasteiger partial charge in [-0.05, 0) is 30.0 Å². The Kier molecular flexibility index (Phi) is 6.03. The summed E-state index contributed by atoms with van der Waals surface area (Å²) >= 11 is 0. The normalized spacial score (nSPS) is 11.0. The molecule has 0 saturated heterocycles. The molecule has 0 unspecified atom stereocenters. The summed E-state index contributed by atoms with van der Waals surface area (Å²) in [5, 5.41) is 4.18. The minimum Gasteiger partial charge on any atom is -0.292 e. The maximum Gasteiger partial charge on any atom is 0.181 e. The van der Waals surface area contributed by atoms with Crippen LogP contribution in [-0.4, -0.2) is 31.3 Å². The van der Waals surface area contributed by atoms with Crippen LogP contribution in [-0.2, 0) is 6.42 Å². The lowest BCUT2D eigenvalue weighted by molar-refractivity contribution is 0.0962. The lowest BCUT2D eigenvalue weighted by Gasteiger charge is -2.05. The molecule has 3 rings (SSSR count). The van der Waals surface area contributed by atoms with Gasteiger partial charge in [-0.25, -0.2) is 14.1 Å². The van der Waals surface area contributed by atoms with Crippen LogP contribution in [0.1, 0.15) is 53.2 Å². The lowest BCUT2D eigenvalue weighted by Crippen LogP contribution is -2.10. The first kappa shape index (κ1) is 19.5. The Bertz CT molecular complexity index is 997. The van der Waals surface area contributed by atoms with Crippen LogP contribution in [0.2, 0.25) is 0 Å². The second-order valence-electron chi connectivity index (χ2n) is 7.01. The monoisotopic (exact) mass is 380 g/mol. The number of hydrogen-bond donors (Lipinski definition) is 0. The molecule has 0 aromatic carbocycles. The van der Waals surface area contributed by atoms with E-state index in [1.165, 1.54) is 16.9 Å². The largest absolute Gasteiger partial charge is 0.292 e. The third kappa shape index (κ3) is 4.94. The van der Waals surface area contributed by atoms with Crippen molar-refractivity contribution in [3.63, 3.8) is 0 Å². The van der Waals surface area contributed by atoms with E-state index in [9.17, 15) is 14.0 Å². The molecule has 0 aliphatic rings. The zero-order chi connectivity index (χ0) is 20.1. The summed E-state index contributed by atoms with van der Waals surface area (Å²) in [6.45, 7) is 3.93. The molecule has 0 aliphatic carbocycles. The van der Waals surface area contributed by atoms with Gasteiger partial charge in [-0.15, -0.1) is 0 Å². The van der Waals surface area contributed by atoms with Gasteiger partial charge in [0.25, 0.3) is 0 Å². The van der Waals surface area contributed by atoms with E-state index in [4.69, 9.17) is 0 Å². The highest BCUT2D eigenvalue weighted by Gasteiger charge is 2.14. The second kappa shape index (κ2) is 8.65. The maximum atomic E-state index is 13.3. The number of carbonyl (C=O) groups excluding carboxylic acids is 2. The van der Waals surface area contributed by atoms with Crippen LogP contribution in [0.3, 0.4) is 0 Å². The van der Waals surface area contributed by atoms with Crippen molar-refractivity contribution in [1.29, 1.82) is 0 Å². The molecule has 0 radical (unpaired) electrons. The maximum absolute atomic E-state index is 13.3. The fraction of sp³-hybridized carbons (Fsp3) is 0.286. The van der Waals surface area contributed by atoms with Crippen molar-refractivity contribution < 1.29 is 14.0 Å². The van der Waals surface area contributed by atoms with Crippen molar-refractivity contribution in [3.8, 4) is 5.69 Å². The summed E-state index contributed by atoms with van der Waals surface area (Å²) in [6.07, 6.45) is 7.11. The molecule has 0 atom stereocenters. The SMILES string of the molecule is CC(C)CC(=O)c1cccc(C(=O)CCc2cnn(-c3cncc(F)c3)c2)n1. The standard InChI is InChI=1S/C21H21FN4O2/c1-14(2)8-21(28)19-5-3-4-18(25-19)20(27)7-6-15-10-24-26(13-15)17-9-16(22)11-23-12-17/h3-5,9-14H,6-8H2,1-2H3. The summed E-state index contributed by atoms with van der Waals surface area (Å²) in [5.74, 6) is -0.407. The molecule has 3 heterocycles. The Morgan fingerprint density at radius 1 is 1.11 bits per heavy atom. The smallest absolute Gasteiger partial charge is 0.181 e. The molecule has 0 N–H and O–H groups in total. The molecule has 3 aromatic rings. The average Bonchev–Trinajstić information content (AvgIpc) is 3.15. The van der Waals surface area contributed by atoms with E-state index in [0.29, 0.717) is 24.2 Å². The van der Waals surface area contributed by atoms with Crippen LogP contribution >= 0.6 is 0 Å². The third-order valence-electron chi connectivity index (χ3n) is 4.15. The average molecular weight is 380 g/mol. The Labute approximate surface area is 162 Å². The van der Waals surface area contributed by atoms with Crippen LogP contribution in [0.15, 0.2) is 49.1 Å². The van der Waals surface area contributed by atoms with E-state index >= 15 is 0 Å². The molecule has 28 heavy (non-hydrogen) atoms. The van der Waals surface area contributed by atoms with Crippen molar-refractivity contribution in [2.24, 2.45) is 5.92 Å². The van der Waals surface area contributed by atoms with Gasteiger partial charge >= 0.3 is 0 Å². The molecule has 0 aliphatic heterocycles. The number of carbonyl (C=O) groups is 2. The van der Waals surface area contributed by atoms with Gasteiger partial charge < -0.3 is 0 Å². The third-order valence-corrected chi connectivity index (χ3v) is 4.15. The summed E-state index contributed by atoms with van der Waals surface area (Å²) in [4.78, 5) is 32.7. The van der Waals surface area contributed by atoms with Crippen molar-refractivity contribution in [3.05, 3.63) is 71.8 Å². The van der Waals surface area contributed by atoms with Crippen molar-refractivity contribution in [2.45, 2.75) is 33.1 Å². The zero-order valence-corrected chi connectivity index (χ0v) is 15.8. The van der Waals surface area contributed by atoms with Gasteiger partial charge in [0, 0.05) is 25.1 Å². The molecular formula is C21H21FN4O2. The first-order valence-corrected chi connectivity index (χ1v) is 9.10. The van der Waals surface area contributed by atoms with Gasteiger partial charge in [-0.3, -0.25) is 14.6 Å². The number of nitrogens with zero attached hydrogens (tertiary/aromatic N) is 4. The van der Waals surface area contributed by atoms with Gasteiger partial charge in [-0.1, -0.05) is 19.9 Å². The highest BCUT2D eigenvalue weighted by molar-refractivity contribution is 5.98. The quantitative estimate of drug-likeness (QED) is 0.555. The van der Waals surface area contributed by atoms with E-state index in [0.717, 1.165) is 11.8 Å². The predicted octanol–water partition coefficient (Wildman–Crippen LogP) is 3.85. The molecule has 0 fully saturated rings. The number of Topliss-reactive ketones (excluding diaryl/α,β-unsaturated/α-hetero) is 2. The van der Waals surface area contributed by atoms with E-state index in [1.54, 1.807) is 30.6 Å². The van der Waals surface area contributed by atoms with Crippen molar-refractivity contribution in [1.82, 2.24) is 19.7 Å². The van der Waals surface area contributed by atoms with E-state index in [1.807, 2.05) is 13.8 Å². The Balaban J connectivity index is 1.64. The summed E-state index contributed by atoms with van der Waals surface area (Å²) in [5.41, 5.74) is 1.96. The molecule has 6 nitrogen and oxygen atoms in total. The first-order chi connectivity index (χ1) is 13.4.